The molecular weight excluding hydrogens is 394 g/mol. The van der Waals surface area contributed by atoms with Gasteiger partial charge in [0.2, 0.25) is 15.9 Å². The van der Waals surface area contributed by atoms with E-state index in [9.17, 15) is 18.0 Å². The van der Waals surface area contributed by atoms with Crippen LogP contribution in [-0.2, 0) is 21.4 Å². The van der Waals surface area contributed by atoms with Crippen LogP contribution in [0.2, 0.25) is 0 Å². The Morgan fingerprint density at radius 1 is 1.10 bits per heavy atom. The summed E-state index contributed by atoms with van der Waals surface area (Å²) in [5.74, 6) is -0.257. The SMILES string of the molecule is Cc1ccc(S(=O)(=O)N2CCCCC2)cc1C(=O)NCC(=O)NCc1ccco1. The minimum Gasteiger partial charge on any atom is -0.467 e. The first-order chi connectivity index (χ1) is 13.9. The van der Waals surface area contributed by atoms with Crippen LogP contribution in [0.4, 0.5) is 0 Å². The van der Waals surface area contributed by atoms with Crippen LogP contribution in [-0.4, -0.2) is 44.2 Å². The number of nitrogens with one attached hydrogen (secondary N) is 2. The van der Waals surface area contributed by atoms with Crippen LogP contribution in [0.5, 0.6) is 0 Å². The van der Waals surface area contributed by atoms with Gasteiger partial charge in [0.25, 0.3) is 5.91 Å². The van der Waals surface area contributed by atoms with E-state index >= 15 is 0 Å². The van der Waals surface area contributed by atoms with Crippen molar-refractivity contribution in [3.63, 3.8) is 0 Å². The minimum absolute atomic E-state index is 0.0948. The largest absolute Gasteiger partial charge is 0.467 e. The van der Waals surface area contributed by atoms with E-state index in [0.29, 0.717) is 24.4 Å². The normalized spacial score (nSPS) is 15.1. The van der Waals surface area contributed by atoms with E-state index in [-0.39, 0.29) is 29.5 Å². The summed E-state index contributed by atoms with van der Waals surface area (Å²) in [6, 6.07) is 7.97. The summed E-state index contributed by atoms with van der Waals surface area (Å²) in [4.78, 5) is 24.6. The number of furan rings is 1. The Labute approximate surface area is 170 Å². The van der Waals surface area contributed by atoms with Crippen molar-refractivity contribution in [1.29, 1.82) is 0 Å². The fraction of sp³-hybridized carbons (Fsp3) is 0.400. The summed E-state index contributed by atoms with van der Waals surface area (Å²) in [6.07, 6.45) is 4.21. The van der Waals surface area contributed by atoms with Crippen molar-refractivity contribution in [2.75, 3.05) is 19.6 Å². The van der Waals surface area contributed by atoms with Crippen molar-refractivity contribution < 1.29 is 22.4 Å². The number of benzene rings is 1. The number of hydrogen-bond acceptors (Lipinski definition) is 5. The zero-order valence-electron chi connectivity index (χ0n) is 16.3. The van der Waals surface area contributed by atoms with Crippen molar-refractivity contribution in [3.05, 3.63) is 53.5 Å². The number of sulfonamides is 1. The number of aryl methyl sites for hydroxylation is 1. The molecule has 3 rings (SSSR count). The van der Waals surface area contributed by atoms with Crippen molar-refractivity contribution >= 4 is 21.8 Å². The maximum atomic E-state index is 12.9. The fourth-order valence-corrected chi connectivity index (χ4v) is 4.72. The molecule has 0 saturated carbocycles. The molecule has 0 unspecified atom stereocenters. The first-order valence-corrected chi connectivity index (χ1v) is 11.0. The molecule has 2 N–H and O–H groups in total. The van der Waals surface area contributed by atoms with Crippen LogP contribution in [0.3, 0.4) is 0 Å². The zero-order valence-corrected chi connectivity index (χ0v) is 17.1. The predicted octanol–water partition coefficient (Wildman–Crippen LogP) is 1.81. The lowest BCUT2D eigenvalue weighted by Crippen LogP contribution is -2.37. The van der Waals surface area contributed by atoms with E-state index in [1.807, 2.05) is 0 Å². The summed E-state index contributed by atoms with van der Waals surface area (Å²) in [5, 5.41) is 5.17. The van der Waals surface area contributed by atoms with Gasteiger partial charge in [-0.25, -0.2) is 8.42 Å². The van der Waals surface area contributed by atoms with Crippen LogP contribution in [0.25, 0.3) is 0 Å². The third kappa shape index (κ3) is 5.24. The Balaban J connectivity index is 1.64. The van der Waals surface area contributed by atoms with Crippen LogP contribution >= 0.6 is 0 Å². The molecule has 1 aromatic heterocycles. The summed E-state index contributed by atoms with van der Waals surface area (Å²) in [5.41, 5.74) is 0.873. The van der Waals surface area contributed by atoms with Crippen LogP contribution in [0.1, 0.15) is 40.9 Å². The molecule has 1 aromatic carbocycles. The van der Waals surface area contributed by atoms with Crippen molar-refractivity contribution in [3.8, 4) is 0 Å². The Kier molecular flexibility index (Phi) is 6.71. The number of hydrogen-bond donors (Lipinski definition) is 2. The monoisotopic (exact) mass is 419 g/mol. The first kappa shape index (κ1) is 21.1. The Morgan fingerprint density at radius 2 is 1.86 bits per heavy atom. The highest BCUT2D eigenvalue weighted by Crippen LogP contribution is 2.22. The molecule has 9 heteroatoms. The van der Waals surface area contributed by atoms with Gasteiger partial charge in [-0.15, -0.1) is 0 Å². The Hall–Kier alpha value is -2.65. The first-order valence-electron chi connectivity index (χ1n) is 9.56. The van der Waals surface area contributed by atoms with E-state index < -0.39 is 15.9 Å². The lowest BCUT2D eigenvalue weighted by Gasteiger charge is -2.26. The standard InChI is InChI=1S/C20H25N3O5S/c1-15-7-8-17(29(26,27)23-9-3-2-4-10-23)12-18(15)20(25)22-14-19(24)21-13-16-6-5-11-28-16/h5-8,11-12H,2-4,9-10,13-14H2,1H3,(H,21,24)(H,22,25). The summed E-state index contributed by atoms with van der Waals surface area (Å²) in [7, 11) is -3.64. The van der Waals surface area contributed by atoms with Gasteiger partial charge in [-0.3, -0.25) is 9.59 Å². The average Bonchev–Trinajstić information content (AvgIpc) is 3.25. The average molecular weight is 420 g/mol. The van der Waals surface area contributed by atoms with Gasteiger partial charge in [-0.05, 0) is 49.6 Å². The quantitative estimate of drug-likeness (QED) is 0.711. The van der Waals surface area contributed by atoms with E-state index in [4.69, 9.17) is 4.42 Å². The molecule has 1 fully saturated rings. The van der Waals surface area contributed by atoms with Gasteiger partial charge in [0, 0.05) is 18.7 Å². The second kappa shape index (κ2) is 9.23. The molecule has 0 bridgehead atoms. The highest BCUT2D eigenvalue weighted by Gasteiger charge is 2.27. The van der Waals surface area contributed by atoms with Crippen molar-refractivity contribution in [2.24, 2.45) is 0 Å². The minimum atomic E-state index is -3.64. The van der Waals surface area contributed by atoms with Crippen molar-refractivity contribution in [2.45, 2.75) is 37.6 Å². The molecule has 1 aliphatic heterocycles. The van der Waals surface area contributed by atoms with Crippen molar-refractivity contribution in [1.82, 2.24) is 14.9 Å². The molecule has 156 valence electrons. The van der Waals surface area contributed by atoms with Gasteiger partial charge >= 0.3 is 0 Å². The third-order valence-electron chi connectivity index (χ3n) is 4.86. The van der Waals surface area contributed by atoms with Gasteiger partial charge in [-0.2, -0.15) is 4.31 Å². The van der Waals surface area contributed by atoms with Gasteiger partial charge in [-0.1, -0.05) is 12.5 Å². The highest BCUT2D eigenvalue weighted by atomic mass is 32.2. The molecule has 2 amide bonds. The van der Waals surface area contributed by atoms with Gasteiger partial charge in [0.1, 0.15) is 5.76 Å². The number of carbonyl (C=O) groups excluding carboxylic acids is 2. The van der Waals surface area contributed by atoms with E-state index in [0.717, 1.165) is 19.3 Å². The van der Waals surface area contributed by atoms with Gasteiger partial charge in [0.15, 0.2) is 0 Å². The zero-order chi connectivity index (χ0) is 20.9. The van der Waals surface area contributed by atoms with Gasteiger partial charge in [0.05, 0.1) is 24.2 Å². The van der Waals surface area contributed by atoms with E-state index in [1.165, 1.54) is 22.7 Å². The molecular formula is C20H25N3O5S. The maximum absolute atomic E-state index is 12.9. The lowest BCUT2D eigenvalue weighted by molar-refractivity contribution is -0.120. The number of rotatable bonds is 7. The number of amides is 2. The Morgan fingerprint density at radius 3 is 2.55 bits per heavy atom. The molecule has 0 spiro atoms. The third-order valence-corrected chi connectivity index (χ3v) is 6.75. The maximum Gasteiger partial charge on any atom is 0.252 e. The highest BCUT2D eigenvalue weighted by molar-refractivity contribution is 7.89. The molecule has 2 heterocycles. The summed E-state index contributed by atoms with van der Waals surface area (Å²) >= 11 is 0. The van der Waals surface area contributed by atoms with Crippen LogP contribution < -0.4 is 10.6 Å². The molecule has 8 nitrogen and oxygen atoms in total. The van der Waals surface area contributed by atoms with E-state index in [2.05, 4.69) is 10.6 Å². The lowest BCUT2D eigenvalue weighted by atomic mass is 10.1. The number of piperidine rings is 1. The number of carbonyl (C=O) groups is 2. The molecule has 0 aliphatic carbocycles. The fourth-order valence-electron chi connectivity index (χ4n) is 3.18. The number of nitrogens with zero attached hydrogens (tertiary/aromatic N) is 1. The van der Waals surface area contributed by atoms with Crippen LogP contribution in [0.15, 0.2) is 45.9 Å². The predicted molar refractivity (Wildman–Crippen MR) is 107 cm³/mol. The molecule has 29 heavy (non-hydrogen) atoms. The smallest absolute Gasteiger partial charge is 0.252 e. The van der Waals surface area contributed by atoms with E-state index in [1.54, 1.807) is 25.1 Å². The molecule has 0 radical (unpaired) electrons. The Bertz CT molecular complexity index is 964. The van der Waals surface area contributed by atoms with Gasteiger partial charge < -0.3 is 15.1 Å². The molecule has 1 aliphatic rings. The van der Waals surface area contributed by atoms with Crippen LogP contribution in [0, 0.1) is 6.92 Å². The second-order valence-corrected chi connectivity index (χ2v) is 8.92. The molecule has 1 saturated heterocycles. The molecule has 2 aromatic rings. The molecule has 0 atom stereocenters. The summed E-state index contributed by atoms with van der Waals surface area (Å²) < 4.78 is 32.3. The second-order valence-electron chi connectivity index (χ2n) is 6.98. The summed E-state index contributed by atoms with van der Waals surface area (Å²) in [6.45, 7) is 2.72. The topological polar surface area (TPSA) is 109 Å².